The normalized spacial score (nSPS) is 18.3. The highest BCUT2D eigenvalue weighted by molar-refractivity contribution is 7.99. The third-order valence-corrected chi connectivity index (χ3v) is 6.08. The maximum absolute atomic E-state index is 12.8. The Labute approximate surface area is 163 Å². The number of para-hydroxylation sites is 2. The summed E-state index contributed by atoms with van der Waals surface area (Å²) in [6, 6.07) is 18.1. The van der Waals surface area contributed by atoms with Crippen LogP contribution in [-0.4, -0.2) is 39.6 Å². The number of carbonyl (C=O) groups excluding carboxylic acids is 1. The van der Waals surface area contributed by atoms with Crippen LogP contribution in [0.1, 0.15) is 23.9 Å². The first-order valence-electron chi connectivity index (χ1n) is 9.29. The molecule has 2 N–H and O–H groups in total. The van der Waals surface area contributed by atoms with Gasteiger partial charge in [0.25, 0.3) is 0 Å². The molecule has 1 amide bonds. The van der Waals surface area contributed by atoms with Crippen molar-refractivity contribution in [1.82, 2.24) is 20.2 Å². The van der Waals surface area contributed by atoms with Gasteiger partial charge in [0.2, 0.25) is 5.91 Å². The second-order valence-electron chi connectivity index (χ2n) is 6.86. The monoisotopic (exact) mass is 380 g/mol. The van der Waals surface area contributed by atoms with Gasteiger partial charge in [0, 0.05) is 37.6 Å². The molecule has 4 rings (SSSR count). The van der Waals surface area contributed by atoms with Gasteiger partial charge in [-0.05, 0) is 17.7 Å². The molecule has 1 aliphatic heterocycles. The Balaban J connectivity index is 1.63. The van der Waals surface area contributed by atoms with Crippen molar-refractivity contribution in [1.29, 1.82) is 0 Å². The molecule has 1 aliphatic rings. The van der Waals surface area contributed by atoms with Crippen LogP contribution in [0.5, 0.6) is 0 Å². The van der Waals surface area contributed by atoms with Crippen LogP contribution < -0.4 is 10.6 Å². The third kappa shape index (κ3) is 4.01. The van der Waals surface area contributed by atoms with Gasteiger partial charge < -0.3 is 15.2 Å². The second kappa shape index (κ2) is 8.15. The number of aryl methyl sites for hydroxylation is 1. The molecule has 5 nitrogen and oxygen atoms in total. The average molecular weight is 381 g/mol. The first kappa shape index (κ1) is 18.1. The van der Waals surface area contributed by atoms with E-state index in [2.05, 4.69) is 21.3 Å². The van der Waals surface area contributed by atoms with Crippen LogP contribution in [0, 0.1) is 0 Å². The van der Waals surface area contributed by atoms with E-state index in [-0.39, 0.29) is 18.0 Å². The summed E-state index contributed by atoms with van der Waals surface area (Å²) in [6.45, 7) is 0.968. The van der Waals surface area contributed by atoms with E-state index in [4.69, 9.17) is 4.98 Å². The first-order chi connectivity index (χ1) is 13.2. The van der Waals surface area contributed by atoms with Crippen LogP contribution in [0.4, 0.5) is 0 Å². The lowest BCUT2D eigenvalue weighted by molar-refractivity contribution is -0.122. The van der Waals surface area contributed by atoms with Crippen LogP contribution >= 0.6 is 11.8 Å². The lowest BCUT2D eigenvalue weighted by Crippen LogP contribution is -2.42. The number of nitrogens with zero attached hydrogens (tertiary/aromatic N) is 2. The molecular weight excluding hydrogens is 356 g/mol. The van der Waals surface area contributed by atoms with Gasteiger partial charge in [-0.2, -0.15) is 11.8 Å². The molecule has 1 aromatic heterocycles. The minimum Gasteiger partial charge on any atom is -0.342 e. The quantitative estimate of drug-likeness (QED) is 0.715. The average Bonchev–Trinajstić information content (AvgIpc) is 3.04. The highest BCUT2D eigenvalue weighted by Gasteiger charge is 2.24. The molecule has 0 radical (unpaired) electrons. The number of hydrogen-bond donors (Lipinski definition) is 2. The van der Waals surface area contributed by atoms with Crippen molar-refractivity contribution in [2.75, 3.05) is 18.1 Å². The molecule has 2 aromatic carbocycles. The van der Waals surface area contributed by atoms with E-state index in [0.717, 1.165) is 40.5 Å². The summed E-state index contributed by atoms with van der Waals surface area (Å²) in [4.78, 5) is 17.6. The van der Waals surface area contributed by atoms with Gasteiger partial charge in [-0.15, -0.1) is 0 Å². The van der Waals surface area contributed by atoms with E-state index in [0.29, 0.717) is 6.42 Å². The van der Waals surface area contributed by atoms with Gasteiger partial charge >= 0.3 is 0 Å². The number of amides is 1. The van der Waals surface area contributed by atoms with E-state index in [1.807, 2.05) is 67.3 Å². The fourth-order valence-electron chi connectivity index (χ4n) is 3.56. The minimum atomic E-state index is -0.271. The molecule has 0 aliphatic carbocycles. The summed E-state index contributed by atoms with van der Waals surface area (Å²) in [6.07, 6.45) is 0.486. The number of rotatable bonds is 5. The number of imidazole rings is 1. The molecule has 0 spiro atoms. The van der Waals surface area contributed by atoms with Crippen molar-refractivity contribution in [3.63, 3.8) is 0 Å². The van der Waals surface area contributed by atoms with Crippen molar-refractivity contribution in [3.05, 3.63) is 66.0 Å². The summed E-state index contributed by atoms with van der Waals surface area (Å²) < 4.78 is 2.07. The van der Waals surface area contributed by atoms with Gasteiger partial charge in [0.15, 0.2) is 0 Å². The molecule has 27 heavy (non-hydrogen) atoms. The lowest BCUT2D eigenvalue weighted by Gasteiger charge is -2.24. The maximum atomic E-state index is 12.8. The summed E-state index contributed by atoms with van der Waals surface area (Å²) in [5.74, 6) is 3.00. The Hall–Kier alpha value is -2.31. The van der Waals surface area contributed by atoms with Crippen molar-refractivity contribution in [3.8, 4) is 0 Å². The van der Waals surface area contributed by atoms with Gasteiger partial charge in [-0.1, -0.05) is 42.5 Å². The lowest BCUT2D eigenvalue weighted by atomic mass is 10.1. The van der Waals surface area contributed by atoms with Crippen molar-refractivity contribution in [2.24, 2.45) is 7.05 Å². The van der Waals surface area contributed by atoms with Crippen LogP contribution in [0.15, 0.2) is 54.6 Å². The summed E-state index contributed by atoms with van der Waals surface area (Å²) in [5, 5.41) is 6.66. The highest BCUT2D eigenvalue weighted by atomic mass is 32.2. The van der Waals surface area contributed by atoms with Gasteiger partial charge in [-0.3, -0.25) is 4.79 Å². The molecule has 1 saturated heterocycles. The molecule has 3 aromatic rings. The van der Waals surface area contributed by atoms with Gasteiger partial charge in [0.05, 0.1) is 11.0 Å². The largest absolute Gasteiger partial charge is 0.342 e. The van der Waals surface area contributed by atoms with E-state index in [1.54, 1.807) is 0 Å². The highest BCUT2D eigenvalue weighted by Crippen LogP contribution is 2.25. The molecule has 1 fully saturated rings. The second-order valence-corrected chi connectivity index (χ2v) is 8.01. The molecule has 2 heterocycles. The maximum Gasteiger partial charge on any atom is 0.222 e. The fourth-order valence-corrected chi connectivity index (χ4v) is 4.51. The minimum absolute atomic E-state index is 0.0518. The Morgan fingerprint density at radius 3 is 2.78 bits per heavy atom. The summed E-state index contributed by atoms with van der Waals surface area (Å²) in [5.41, 5.74) is 3.04. The van der Waals surface area contributed by atoms with Crippen molar-refractivity contribution in [2.45, 2.75) is 18.5 Å². The molecule has 6 heteroatoms. The molecule has 140 valence electrons. The van der Waals surface area contributed by atoms with E-state index >= 15 is 0 Å². The zero-order valence-electron chi connectivity index (χ0n) is 15.4. The van der Waals surface area contributed by atoms with Crippen LogP contribution in [-0.2, 0) is 11.8 Å². The molecule has 2 unspecified atom stereocenters. The topological polar surface area (TPSA) is 59.0 Å². The smallest absolute Gasteiger partial charge is 0.222 e. The number of nitrogens with one attached hydrogen (secondary N) is 2. The number of thioether (sulfide) groups is 1. The Bertz CT molecular complexity index is 918. The SMILES string of the molecule is Cn1c(C(NC(=O)CC2CSCCN2)c2ccccc2)nc2ccccc21. The molecule has 2 atom stereocenters. The first-order valence-corrected chi connectivity index (χ1v) is 10.4. The van der Waals surface area contributed by atoms with Crippen LogP contribution in [0.25, 0.3) is 11.0 Å². The Kier molecular flexibility index (Phi) is 5.45. The number of benzene rings is 2. The predicted molar refractivity (Wildman–Crippen MR) is 111 cm³/mol. The summed E-state index contributed by atoms with van der Waals surface area (Å²) in [7, 11) is 2.01. The molecule has 0 saturated carbocycles. The molecule has 0 bridgehead atoms. The zero-order valence-corrected chi connectivity index (χ0v) is 16.2. The van der Waals surface area contributed by atoms with Gasteiger partial charge in [-0.25, -0.2) is 4.98 Å². The fraction of sp³-hybridized carbons (Fsp3) is 0.333. The van der Waals surface area contributed by atoms with Gasteiger partial charge in [0.1, 0.15) is 11.9 Å². The van der Waals surface area contributed by atoms with Crippen LogP contribution in [0.2, 0.25) is 0 Å². The Morgan fingerprint density at radius 2 is 2.04 bits per heavy atom. The number of aromatic nitrogens is 2. The van der Waals surface area contributed by atoms with E-state index in [1.165, 1.54) is 0 Å². The van der Waals surface area contributed by atoms with Crippen molar-refractivity contribution >= 4 is 28.7 Å². The van der Waals surface area contributed by atoms with E-state index < -0.39 is 0 Å². The van der Waals surface area contributed by atoms with Crippen LogP contribution in [0.3, 0.4) is 0 Å². The number of fused-ring (bicyclic) bond motifs is 1. The molecular formula is C21H24N4OS. The number of carbonyl (C=O) groups is 1. The third-order valence-electron chi connectivity index (χ3n) is 4.95. The van der Waals surface area contributed by atoms with Crippen molar-refractivity contribution < 1.29 is 4.79 Å². The standard InChI is InChI=1S/C21H24N4OS/c1-25-18-10-6-5-9-17(18)23-21(25)20(15-7-3-2-4-8-15)24-19(26)13-16-14-27-12-11-22-16/h2-10,16,20,22H,11-14H2,1H3,(H,24,26). The zero-order chi connectivity index (χ0) is 18.6. The summed E-state index contributed by atoms with van der Waals surface area (Å²) >= 11 is 1.90. The Morgan fingerprint density at radius 1 is 1.26 bits per heavy atom. The number of hydrogen-bond acceptors (Lipinski definition) is 4. The van der Waals surface area contributed by atoms with E-state index in [9.17, 15) is 4.79 Å². The predicted octanol–water partition coefficient (Wildman–Crippen LogP) is 2.87.